The molecule has 2 aliphatic rings. The molecule has 1 aliphatic heterocycles. The van der Waals surface area contributed by atoms with Crippen molar-refractivity contribution in [3.05, 3.63) is 82.2 Å². The topological polar surface area (TPSA) is 33.3 Å². The van der Waals surface area contributed by atoms with Crippen molar-refractivity contribution in [3.8, 4) is 0 Å². The summed E-state index contributed by atoms with van der Waals surface area (Å²) in [6.07, 6.45) is 9.98. The van der Waals surface area contributed by atoms with E-state index in [1.54, 1.807) is 0 Å². The molecule has 138 valence electrons. The molecule has 2 N–H and O–H groups in total. The molecule has 1 aromatic carbocycles. The number of likely N-dealkylation sites (N-methyl/N-ethyl adjacent to an activating group) is 1. The first-order chi connectivity index (χ1) is 12.5. The molecular formula is C23H30N2O. The van der Waals surface area contributed by atoms with Gasteiger partial charge in [-0.3, -0.25) is 0 Å². The lowest BCUT2D eigenvalue weighted by molar-refractivity contribution is 0.115. The molecule has 0 fully saturated rings. The van der Waals surface area contributed by atoms with Gasteiger partial charge in [0.15, 0.2) is 0 Å². The number of hydrogen-bond acceptors (Lipinski definition) is 3. The van der Waals surface area contributed by atoms with Crippen LogP contribution in [0.5, 0.6) is 0 Å². The number of nitrogens with one attached hydrogen (secondary N) is 2. The summed E-state index contributed by atoms with van der Waals surface area (Å²) in [4.78, 5) is 5.75. The van der Waals surface area contributed by atoms with Gasteiger partial charge in [0.25, 0.3) is 0 Å². The Morgan fingerprint density at radius 3 is 2.46 bits per heavy atom. The Morgan fingerprint density at radius 2 is 1.81 bits per heavy atom. The highest BCUT2D eigenvalue weighted by atomic mass is 16.7. The summed E-state index contributed by atoms with van der Waals surface area (Å²) < 4.78 is 0. The summed E-state index contributed by atoms with van der Waals surface area (Å²) in [7, 11) is 2.03. The highest BCUT2D eigenvalue weighted by molar-refractivity contribution is 5.55. The van der Waals surface area contributed by atoms with Crippen molar-refractivity contribution in [2.45, 2.75) is 46.2 Å². The van der Waals surface area contributed by atoms with Gasteiger partial charge in [0, 0.05) is 12.0 Å². The van der Waals surface area contributed by atoms with E-state index in [1.165, 1.54) is 27.8 Å². The lowest BCUT2D eigenvalue weighted by atomic mass is 9.87. The average Bonchev–Trinajstić information content (AvgIpc) is 2.91. The van der Waals surface area contributed by atoms with E-state index in [2.05, 4.69) is 87.1 Å². The van der Waals surface area contributed by atoms with E-state index in [0.717, 1.165) is 12.2 Å². The average molecular weight is 351 g/mol. The van der Waals surface area contributed by atoms with Crippen LogP contribution in [0.25, 0.3) is 0 Å². The van der Waals surface area contributed by atoms with Crippen LogP contribution in [0.1, 0.15) is 44.4 Å². The molecule has 3 heteroatoms. The minimum Gasteiger partial charge on any atom is -0.412 e. The van der Waals surface area contributed by atoms with Crippen molar-refractivity contribution < 1.29 is 4.84 Å². The van der Waals surface area contributed by atoms with Crippen molar-refractivity contribution in [2.24, 2.45) is 5.92 Å². The van der Waals surface area contributed by atoms with E-state index in [0.29, 0.717) is 5.92 Å². The second-order valence-corrected chi connectivity index (χ2v) is 7.21. The van der Waals surface area contributed by atoms with Gasteiger partial charge in [0.05, 0.1) is 12.1 Å². The maximum atomic E-state index is 5.75. The van der Waals surface area contributed by atoms with Gasteiger partial charge in [-0.15, -0.1) is 5.48 Å². The van der Waals surface area contributed by atoms with Crippen molar-refractivity contribution in [2.75, 3.05) is 7.05 Å². The van der Waals surface area contributed by atoms with Crippen molar-refractivity contribution >= 4 is 0 Å². The van der Waals surface area contributed by atoms with Gasteiger partial charge in [-0.25, -0.2) is 0 Å². The maximum Gasteiger partial charge on any atom is 0.129 e. The number of hydroxylamine groups is 1. The smallest absolute Gasteiger partial charge is 0.129 e. The fraction of sp³-hybridized carbons (Fsp3) is 0.391. The Bertz CT molecular complexity index is 768. The second-order valence-electron chi connectivity index (χ2n) is 7.21. The van der Waals surface area contributed by atoms with Crippen molar-refractivity contribution in [3.63, 3.8) is 0 Å². The minimum absolute atomic E-state index is 0.134. The molecule has 1 aliphatic carbocycles. The van der Waals surface area contributed by atoms with E-state index < -0.39 is 0 Å². The van der Waals surface area contributed by atoms with Crippen LogP contribution in [0.4, 0.5) is 0 Å². The highest BCUT2D eigenvalue weighted by Crippen LogP contribution is 2.36. The number of allylic oxidation sites excluding steroid dienone is 4. The van der Waals surface area contributed by atoms with Crippen LogP contribution in [0.2, 0.25) is 0 Å². The number of aryl methyl sites for hydroxylation is 1. The zero-order valence-electron chi connectivity index (χ0n) is 16.5. The molecule has 0 amide bonds. The molecule has 3 atom stereocenters. The molecule has 3 rings (SSSR count). The third-order valence-corrected chi connectivity index (χ3v) is 5.17. The quantitative estimate of drug-likeness (QED) is 0.792. The molecule has 0 saturated heterocycles. The van der Waals surface area contributed by atoms with Gasteiger partial charge < -0.3 is 10.2 Å². The fourth-order valence-electron chi connectivity index (χ4n) is 3.67. The van der Waals surface area contributed by atoms with Gasteiger partial charge in [-0.1, -0.05) is 68.0 Å². The standard InChI is InChI=1S/C23H30N2O/c1-6-21-22(17(4)25-26-21)19-13-9-16(3)10-14-20(19)23(24-5)18-11-7-15(2)8-12-18/h7-14,16-17,23-25H,6H2,1-5H3. The van der Waals surface area contributed by atoms with Crippen molar-refractivity contribution in [1.82, 2.24) is 10.8 Å². The Kier molecular flexibility index (Phi) is 5.80. The molecule has 3 nitrogen and oxygen atoms in total. The molecule has 1 aromatic rings. The number of hydrogen-bond donors (Lipinski definition) is 2. The van der Waals surface area contributed by atoms with Crippen LogP contribution >= 0.6 is 0 Å². The Hall–Kier alpha value is -2.10. The summed E-state index contributed by atoms with van der Waals surface area (Å²) in [5.74, 6) is 1.45. The Morgan fingerprint density at radius 1 is 1.12 bits per heavy atom. The molecule has 3 unspecified atom stereocenters. The third-order valence-electron chi connectivity index (χ3n) is 5.17. The van der Waals surface area contributed by atoms with Crippen molar-refractivity contribution in [1.29, 1.82) is 0 Å². The van der Waals surface area contributed by atoms with Gasteiger partial charge in [-0.05, 0) is 43.5 Å². The molecule has 0 aromatic heterocycles. The van der Waals surface area contributed by atoms with Gasteiger partial charge in [0.1, 0.15) is 5.76 Å². The molecule has 0 radical (unpaired) electrons. The fourth-order valence-corrected chi connectivity index (χ4v) is 3.67. The van der Waals surface area contributed by atoms with E-state index >= 15 is 0 Å². The number of benzene rings is 1. The lowest BCUT2D eigenvalue weighted by Crippen LogP contribution is -2.23. The van der Waals surface area contributed by atoms with Crippen LogP contribution in [0.3, 0.4) is 0 Å². The minimum atomic E-state index is 0.134. The third kappa shape index (κ3) is 3.69. The summed E-state index contributed by atoms with van der Waals surface area (Å²) in [6.45, 7) is 8.65. The molecule has 0 spiro atoms. The summed E-state index contributed by atoms with van der Waals surface area (Å²) in [5, 5.41) is 3.52. The Labute approximate surface area is 157 Å². The maximum absolute atomic E-state index is 5.75. The van der Waals surface area contributed by atoms with Gasteiger partial charge in [-0.2, -0.15) is 0 Å². The SMILES string of the molecule is CCC1=C(C2=C(C(NC)c3ccc(C)cc3)C=CC(C)C=C2)C(C)NO1. The van der Waals surface area contributed by atoms with E-state index in [4.69, 9.17) is 4.84 Å². The molecular weight excluding hydrogens is 320 g/mol. The zero-order valence-corrected chi connectivity index (χ0v) is 16.5. The summed E-state index contributed by atoms with van der Waals surface area (Å²) in [6, 6.07) is 9.10. The van der Waals surface area contributed by atoms with Crippen LogP contribution < -0.4 is 10.8 Å². The first kappa shape index (κ1) is 18.7. The molecule has 1 heterocycles. The lowest BCUT2D eigenvalue weighted by Gasteiger charge is -2.22. The number of rotatable bonds is 5. The first-order valence-corrected chi connectivity index (χ1v) is 9.55. The van der Waals surface area contributed by atoms with E-state index in [-0.39, 0.29) is 12.1 Å². The monoisotopic (exact) mass is 350 g/mol. The van der Waals surface area contributed by atoms with Gasteiger partial charge >= 0.3 is 0 Å². The largest absolute Gasteiger partial charge is 0.412 e. The zero-order chi connectivity index (χ0) is 18.7. The second kappa shape index (κ2) is 8.07. The summed E-state index contributed by atoms with van der Waals surface area (Å²) >= 11 is 0. The molecule has 0 bridgehead atoms. The van der Waals surface area contributed by atoms with E-state index in [1.807, 2.05) is 7.05 Å². The normalized spacial score (nSPS) is 24.0. The van der Waals surface area contributed by atoms with Gasteiger partial charge in [0.2, 0.25) is 0 Å². The molecule has 0 saturated carbocycles. The van der Waals surface area contributed by atoms with Crippen LogP contribution in [-0.4, -0.2) is 13.1 Å². The highest BCUT2D eigenvalue weighted by Gasteiger charge is 2.28. The predicted molar refractivity (Wildman–Crippen MR) is 108 cm³/mol. The van der Waals surface area contributed by atoms with Crippen LogP contribution in [-0.2, 0) is 4.84 Å². The predicted octanol–water partition coefficient (Wildman–Crippen LogP) is 4.90. The van der Waals surface area contributed by atoms with Crippen LogP contribution in [0.15, 0.2) is 71.0 Å². The first-order valence-electron chi connectivity index (χ1n) is 9.55. The Balaban J connectivity index is 2.17. The summed E-state index contributed by atoms with van der Waals surface area (Å²) in [5.41, 5.74) is 9.51. The van der Waals surface area contributed by atoms with E-state index in [9.17, 15) is 0 Å². The molecule has 26 heavy (non-hydrogen) atoms. The van der Waals surface area contributed by atoms with Crippen LogP contribution in [0, 0.1) is 12.8 Å².